The summed E-state index contributed by atoms with van der Waals surface area (Å²) in [7, 11) is 0. The van der Waals surface area contributed by atoms with E-state index in [-0.39, 0.29) is 0 Å². The van der Waals surface area contributed by atoms with Crippen molar-refractivity contribution in [2.75, 3.05) is 5.75 Å². The molecule has 2 heteroatoms. The summed E-state index contributed by atoms with van der Waals surface area (Å²) in [5.74, 6) is 2.30. The van der Waals surface area contributed by atoms with Gasteiger partial charge in [-0.1, -0.05) is 25.0 Å². The number of thioether (sulfide) groups is 1. The Morgan fingerprint density at radius 3 is 2.93 bits per heavy atom. The van der Waals surface area contributed by atoms with Crippen LogP contribution in [0.15, 0.2) is 29.2 Å². The Balaban J connectivity index is 1.81. The zero-order chi connectivity index (χ0) is 9.80. The van der Waals surface area contributed by atoms with E-state index in [9.17, 15) is 0 Å². The minimum Gasteiger partial charge on any atom is -0.326 e. The lowest BCUT2D eigenvalue weighted by Gasteiger charge is -2.02. The van der Waals surface area contributed by atoms with E-state index in [2.05, 4.69) is 24.3 Å². The quantitative estimate of drug-likeness (QED) is 0.751. The molecule has 1 aliphatic carbocycles. The van der Waals surface area contributed by atoms with Crippen LogP contribution in [-0.4, -0.2) is 5.75 Å². The highest BCUT2D eigenvalue weighted by atomic mass is 32.2. The van der Waals surface area contributed by atoms with Crippen LogP contribution in [0.3, 0.4) is 0 Å². The molecule has 0 aliphatic heterocycles. The van der Waals surface area contributed by atoms with Crippen LogP contribution in [0.4, 0.5) is 0 Å². The summed E-state index contributed by atoms with van der Waals surface area (Å²) in [6, 6.07) is 8.57. The first-order valence-corrected chi connectivity index (χ1v) is 6.29. The lowest BCUT2D eigenvalue weighted by Crippen LogP contribution is -1.95. The van der Waals surface area contributed by atoms with Gasteiger partial charge >= 0.3 is 0 Å². The normalized spacial score (nSPS) is 15.8. The van der Waals surface area contributed by atoms with Crippen LogP contribution in [0, 0.1) is 5.92 Å². The fourth-order valence-electron chi connectivity index (χ4n) is 1.51. The van der Waals surface area contributed by atoms with Crippen molar-refractivity contribution in [3.63, 3.8) is 0 Å². The van der Waals surface area contributed by atoms with Gasteiger partial charge in [0.2, 0.25) is 0 Å². The number of hydrogen-bond donors (Lipinski definition) is 1. The van der Waals surface area contributed by atoms with Crippen molar-refractivity contribution in [3.8, 4) is 0 Å². The molecule has 0 radical (unpaired) electrons. The third-order valence-corrected chi connectivity index (χ3v) is 3.65. The highest BCUT2D eigenvalue weighted by Crippen LogP contribution is 2.34. The Morgan fingerprint density at radius 2 is 2.21 bits per heavy atom. The van der Waals surface area contributed by atoms with Gasteiger partial charge in [-0.15, -0.1) is 11.8 Å². The smallest absolute Gasteiger partial charge is 0.0178 e. The van der Waals surface area contributed by atoms with E-state index >= 15 is 0 Å². The standard InChI is InChI=1S/C12H17NS/c13-9-11-2-1-3-12(8-11)14-7-6-10-4-5-10/h1-3,8,10H,4-7,9,13H2. The lowest BCUT2D eigenvalue weighted by molar-refractivity contribution is 0.809. The Kier molecular flexibility index (Phi) is 3.49. The fraction of sp³-hybridized carbons (Fsp3) is 0.500. The first kappa shape index (κ1) is 10.1. The minimum absolute atomic E-state index is 0.650. The van der Waals surface area contributed by atoms with Gasteiger partial charge in [0.1, 0.15) is 0 Å². The van der Waals surface area contributed by atoms with Crippen molar-refractivity contribution in [2.24, 2.45) is 11.7 Å². The average molecular weight is 207 g/mol. The van der Waals surface area contributed by atoms with Crippen molar-refractivity contribution in [2.45, 2.75) is 30.7 Å². The number of nitrogens with two attached hydrogens (primary N) is 1. The molecular formula is C12H17NS. The van der Waals surface area contributed by atoms with E-state index in [0.29, 0.717) is 6.54 Å². The maximum Gasteiger partial charge on any atom is 0.0178 e. The second-order valence-electron chi connectivity index (χ2n) is 3.93. The summed E-state index contributed by atoms with van der Waals surface area (Å²) in [6.45, 7) is 0.650. The van der Waals surface area contributed by atoms with Crippen LogP contribution < -0.4 is 5.73 Å². The van der Waals surface area contributed by atoms with Gasteiger partial charge in [0.25, 0.3) is 0 Å². The zero-order valence-electron chi connectivity index (χ0n) is 8.41. The molecule has 1 aromatic carbocycles. The molecule has 0 amide bonds. The highest BCUT2D eigenvalue weighted by molar-refractivity contribution is 7.99. The van der Waals surface area contributed by atoms with Gasteiger partial charge in [0.05, 0.1) is 0 Å². The Morgan fingerprint density at radius 1 is 1.36 bits per heavy atom. The van der Waals surface area contributed by atoms with Crippen LogP contribution >= 0.6 is 11.8 Å². The summed E-state index contributed by atoms with van der Waals surface area (Å²) in [4.78, 5) is 1.37. The van der Waals surface area contributed by atoms with E-state index in [1.54, 1.807) is 0 Å². The molecule has 2 rings (SSSR count). The summed E-state index contributed by atoms with van der Waals surface area (Å²) in [5.41, 5.74) is 6.83. The van der Waals surface area contributed by atoms with E-state index in [1.165, 1.54) is 35.5 Å². The molecule has 1 aromatic rings. The van der Waals surface area contributed by atoms with E-state index in [1.807, 2.05) is 11.8 Å². The molecule has 1 saturated carbocycles. The van der Waals surface area contributed by atoms with Crippen LogP contribution in [0.2, 0.25) is 0 Å². The van der Waals surface area contributed by atoms with Gasteiger partial charge in [-0.2, -0.15) is 0 Å². The van der Waals surface area contributed by atoms with Gasteiger partial charge in [-0.25, -0.2) is 0 Å². The molecule has 76 valence electrons. The van der Waals surface area contributed by atoms with Crippen LogP contribution in [-0.2, 0) is 6.54 Å². The monoisotopic (exact) mass is 207 g/mol. The van der Waals surface area contributed by atoms with Crippen LogP contribution in [0.25, 0.3) is 0 Å². The minimum atomic E-state index is 0.650. The third kappa shape index (κ3) is 3.03. The number of rotatable bonds is 5. The van der Waals surface area contributed by atoms with Crippen molar-refractivity contribution in [1.29, 1.82) is 0 Å². The van der Waals surface area contributed by atoms with Crippen LogP contribution in [0.5, 0.6) is 0 Å². The summed E-state index contributed by atoms with van der Waals surface area (Å²) in [5, 5.41) is 0. The second kappa shape index (κ2) is 4.85. The highest BCUT2D eigenvalue weighted by Gasteiger charge is 2.20. The molecule has 0 heterocycles. The van der Waals surface area contributed by atoms with E-state index in [4.69, 9.17) is 5.73 Å². The van der Waals surface area contributed by atoms with Crippen molar-refractivity contribution < 1.29 is 0 Å². The van der Waals surface area contributed by atoms with Gasteiger partial charge in [0.15, 0.2) is 0 Å². The molecule has 1 nitrogen and oxygen atoms in total. The Bertz CT molecular complexity index is 294. The largest absolute Gasteiger partial charge is 0.326 e. The van der Waals surface area contributed by atoms with Crippen molar-refractivity contribution in [3.05, 3.63) is 29.8 Å². The van der Waals surface area contributed by atoms with Gasteiger partial charge in [0, 0.05) is 11.4 Å². The zero-order valence-corrected chi connectivity index (χ0v) is 9.22. The van der Waals surface area contributed by atoms with E-state index < -0.39 is 0 Å². The summed E-state index contributed by atoms with van der Waals surface area (Å²) in [6.07, 6.45) is 4.31. The topological polar surface area (TPSA) is 26.0 Å². The SMILES string of the molecule is NCc1cccc(SCCC2CC2)c1. The fourth-order valence-corrected chi connectivity index (χ4v) is 2.61. The van der Waals surface area contributed by atoms with Crippen molar-refractivity contribution >= 4 is 11.8 Å². The van der Waals surface area contributed by atoms with Gasteiger partial charge in [-0.05, 0) is 35.8 Å². The molecule has 0 bridgehead atoms. The van der Waals surface area contributed by atoms with Crippen molar-refractivity contribution in [1.82, 2.24) is 0 Å². The first-order chi connectivity index (χ1) is 6.88. The lowest BCUT2D eigenvalue weighted by atomic mass is 10.2. The third-order valence-electron chi connectivity index (χ3n) is 2.63. The molecule has 2 N–H and O–H groups in total. The average Bonchev–Trinajstić information content (AvgIpc) is 3.02. The summed E-state index contributed by atoms with van der Waals surface area (Å²) < 4.78 is 0. The molecule has 0 saturated heterocycles. The molecule has 1 aliphatic rings. The summed E-state index contributed by atoms with van der Waals surface area (Å²) >= 11 is 1.96. The molecule has 1 fully saturated rings. The molecule has 0 spiro atoms. The van der Waals surface area contributed by atoms with E-state index in [0.717, 1.165) is 5.92 Å². The predicted octanol–water partition coefficient (Wildman–Crippen LogP) is 3.04. The van der Waals surface area contributed by atoms with Gasteiger partial charge < -0.3 is 5.73 Å². The Hall–Kier alpha value is -0.470. The Labute approximate surface area is 90.1 Å². The molecule has 0 unspecified atom stereocenters. The van der Waals surface area contributed by atoms with Crippen LogP contribution in [0.1, 0.15) is 24.8 Å². The molecule has 14 heavy (non-hydrogen) atoms. The number of benzene rings is 1. The second-order valence-corrected chi connectivity index (χ2v) is 5.10. The first-order valence-electron chi connectivity index (χ1n) is 5.30. The number of hydrogen-bond acceptors (Lipinski definition) is 2. The maximum absolute atomic E-state index is 5.60. The predicted molar refractivity (Wildman–Crippen MR) is 62.4 cm³/mol. The molecular weight excluding hydrogens is 190 g/mol. The molecule has 0 aromatic heterocycles. The molecule has 0 atom stereocenters. The maximum atomic E-state index is 5.60. The van der Waals surface area contributed by atoms with Gasteiger partial charge in [-0.3, -0.25) is 0 Å².